The number of morpholine rings is 1. The Morgan fingerprint density at radius 2 is 2.33 bits per heavy atom. The highest BCUT2D eigenvalue weighted by Gasteiger charge is 2.17. The highest BCUT2D eigenvalue weighted by atomic mass is 16.5. The van der Waals surface area contributed by atoms with E-state index in [9.17, 15) is 4.79 Å². The molecule has 0 bridgehead atoms. The number of hydrogen-bond acceptors (Lipinski definition) is 5. The molecule has 2 N–H and O–H groups in total. The molecule has 116 valence electrons. The van der Waals surface area contributed by atoms with E-state index in [-0.39, 0.29) is 11.9 Å². The van der Waals surface area contributed by atoms with Crippen molar-refractivity contribution in [2.24, 2.45) is 0 Å². The number of ether oxygens (including phenoxy) is 3. The Hall–Kier alpha value is -1.79. The molecule has 0 aliphatic carbocycles. The summed E-state index contributed by atoms with van der Waals surface area (Å²) in [4.78, 5) is 12.0. The third-order valence-electron chi connectivity index (χ3n) is 3.18. The maximum Gasteiger partial charge on any atom is 0.226 e. The monoisotopic (exact) mass is 294 g/mol. The number of hydrogen-bond donors (Lipinski definition) is 2. The van der Waals surface area contributed by atoms with E-state index < -0.39 is 0 Å². The van der Waals surface area contributed by atoms with E-state index in [0.717, 1.165) is 6.54 Å². The van der Waals surface area contributed by atoms with Crippen LogP contribution in [0.3, 0.4) is 0 Å². The number of anilines is 1. The van der Waals surface area contributed by atoms with Gasteiger partial charge in [-0.3, -0.25) is 4.79 Å². The molecule has 6 nitrogen and oxygen atoms in total. The van der Waals surface area contributed by atoms with Crippen LogP contribution in [0.4, 0.5) is 5.69 Å². The van der Waals surface area contributed by atoms with E-state index in [1.165, 1.54) is 0 Å². The molecule has 0 spiro atoms. The first kappa shape index (κ1) is 15.6. The number of methoxy groups -OCH3 is 1. The predicted molar refractivity (Wildman–Crippen MR) is 80.0 cm³/mol. The third-order valence-corrected chi connectivity index (χ3v) is 3.18. The van der Waals surface area contributed by atoms with Crippen LogP contribution in [-0.4, -0.2) is 45.4 Å². The second kappa shape index (κ2) is 7.85. The largest absolute Gasteiger partial charge is 0.493 e. The molecule has 0 radical (unpaired) electrons. The summed E-state index contributed by atoms with van der Waals surface area (Å²) in [5, 5.41) is 6.12. The molecule has 1 heterocycles. The van der Waals surface area contributed by atoms with E-state index >= 15 is 0 Å². The van der Waals surface area contributed by atoms with Crippen molar-refractivity contribution in [3.05, 3.63) is 18.2 Å². The second-order valence-electron chi connectivity index (χ2n) is 4.78. The van der Waals surface area contributed by atoms with Gasteiger partial charge in [-0.15, -0.1) is 0 Å². The average molecular weight is 294 g/mol. The third kappa shape index (κ3) is 4.61. The molecule has 1 aromatic carbocycles. The zero-order chi connectivity index (χ0) is 15.1. The first-order valence-corrected chi connectivity index (χ1v) is 7.14. The molecule has 21 heavy (non-hydrogen) atoms. The van der Waals surface area contributed by atoms with Gasteiger partial charge < -0.3 is 24.8 Å². The van der Waals surface area contributed by atoms with Crippen molar-refractivity contribution >= 4 is 11.6 Å². The molecule has 1 amide bonds. The topological polar surface area (TPSA) is 68.8 Å². The minimum atomic E-state index is -0.0517. The molecule has 0 saturated carbocycles. The lowest BCUT2D eigenvalue weighted by atomic mass is 10.2. The Balaban J connectivity index is 1.93. The fourth-order valence-electron chi connectivity index (χ4n) is 2.21. The summed E-state index contributed by atoms with van der Waals surface area (Å²) in [5.74, 6) is 1.22. The minimum Gasteiger partial charge on any atom is -0.493 e. The zero-order valence-corrected chi connectivity index (χ0v) is 12.5. The average Bonchev–Trinajstić information content (AvgIpc) is 2.50. The Labute approximate surface area is 124 Å². The van der Waals surface area contributed by atoms with E-state index in [1.54, 1.807) is 25.3 Å². The van der Waals surface area contributed by atoms with Crippen molar-refractivity contribution in [1.82, 2.24) is 5.32 Å². The lowest BCUT2D eigenvalue weighted by Crippen LogP contribution is -2.43. The zero-order valence-electron chi connectivity index (χ0n) is 12.5. The van der Waals surface area contributed by atoms with Crippen LogP contribution in [0.1, 0.15) is 13.3 Å². The normalized spacial score (nSPS) is 18.1. The molecular formula is C15H22N2O4. The summed E-state index contributed by atoms with van der Waals surface area (Å²) in [6.45, 7) is 4.53. The van der Waals surface area contributed by atoms with E-state index in [1.807, 2.05) is 6.92 Å². The van der Waals surface area contributed by atoms with Gasteiger partial charge in [-0.2, -0.15) is 0 Å². The Bertz CT molecular complexity index is 473. The molecule has 1 aliphatic rings. The van der Waals surface area contributed by atoms with Crippen LogP contribution in [-0.2, 0) is 9.53 Å². The van der Waals surface area contributed by atoms with Crippen LogP contribution < -0.4 is 20.1 Å². The predicted octanol–water partition coefficient (Wildman–Crippen LogP) is 1.41. The van der Waals surface area contributed by atoms with Gasteiger partial charge in [-0.1, -0.05) is 0 Å². The number of carbonyl (C=O) groups is 1. The molecular weight excluding hydrogens is 272 g/mol. The van der Waals surface area contributed by atoms with Crippen LogP contribution in [0.2, 0.25) is 0 Å². The molecule has 2 rings (SSSR count). The Kier molecular flexibility index (Phi) is 5.83. The Morgan fingerprint density at radius 1 is 1.48 bits per heavy atom. The number of nitrogens with one attached hydrogen (secondary N) is 2. The number of amides is 1. The summed E-state index contributed by atoms with van der Waals surface area (Å²) in [6, 6.07) is 5.42. The van der Waals surface area contributed by atoms with Crippen molar-refractivity contribution < 1.29 is 19.0 Å². The van der Waals surface area contributed by atoms with Crippen LogP contribution in [0.5, 0.6) is 11.5 Å². The summed E-state index contributed by atoms with van der Waals surface area (Å²) < 4.78 is 16.0. The van der Waals surface area contributed by atoms with Gasteiger partial charge in [0.25, 0.3) is 0 Å². The van der Waals surface area contributed by atoms with Gasteiger partial charge in [0.05, 0.1) is 26.9 Å². The van der Waals surface area contributed by atoms with Crippen molar-refractivity contribution in [2.45, 2.75) is 19.4 Å². The molecule has 1 aliphatic heterocycles. The van der Waals surface area contributed by atoms with E-state index in [0.29, 0.717) is 43.4 Å². The smallest absolute Gasteiger partial charge is 0.226 e. The number of rotatable bonds is 6. The van der Waals surface area contributed by atoms with Gasteiger partial charge in [-0.05, 0) is 19.1 Å². The van der Waals surface area contributed by atoms with Gasteiger partial charge in [0.2, 0.25) is 5.91 Å². The SMILES string of the molecule is CCOc1ccc(NC(=O)CC2COCCN2)cc1OC. The highest BCUT2D eigenvalue weighted by Crippen LogP contribution is 2.30. The fraction of sp³-hybridized carbons (Fsp3) is 0.533. The lowest BCUT2D eigenvalue weighted by molar-refractivity contribution is -0.117. The van der Waals surface area contributed by atoms with Gasteiger partial charge >= 0.3 is 0 Å². The van der Waals surface area contributed by atoms with Crippen LogP contribution in [0.15, 0.2) is 18.2 Å². The maximum atomic E-state index is 12.0. The van der Waals surface area contributed by atoms with Crippen molar-refractivity contribution in [3.8, 4) is 11.5 Å². The van der Waals surface area contributed by atoms with Crippen molar-refractivity contribution in [3.63, 3.8) is 0 Å². The van der Waals surface area contributed by atoms with E-state index in [2.05, 4.69) is 10.6 Å². The number of carbonyl (C=O) groups excluding carboxylic acids is 1. The minimum absolute atomic E-state index is 0.0517. The molecule has 0 aromatic heterocycles. The number of benzene rings is 1. The van der Waals surface area contributed by atoms with Crippen molar-refractivity contribution in [1.29, 1.82) is 0 Å². The summed E-state index contributed by atoms with van der Waals surface area (Å²) in [6.07, 6.45) is 0.384. The summed E-state index contributed by atoms with van der Waals surface area (Å²) >= 11 is 0. The molecule has 6 heteroatoms. The maximum absolute atomic E-state index is 12.0. The van der Waals surface area contributed by atoms with Gasteiger partial charge in [0.15, 0.2) is 11.5 Å². The summed E-state index contributed by atoms with van der Waals surface area (Å²) in [7, 11) is 1.58. The highest BCUT2D eigenvalue weighted by molar-refractivity contribution is 5.91. The van der Waals surface area contributed by atoms with Crippen molar-refractivity contribution in [2.75, 3.05) is 38.8 Å². The molecule has 1 atom stereocenters. The second-order valence-corrected chi connectivity index (χ2v) is 4.78. The molecule has 1 unspecified atom stereocenters. The van der Waals surface area contributed by atoms with Gasteiger partial charge in [0, 0.05) is 30.8 Å². The Morgan fingerprint density at radius 3 is 3.00 bits per heavy atom. The standard InChI is InChI=1S/C15H22N2O4/c1-3-21-13-5-4-11(8-14(13)19-2)17-15(18)9-12-10-20-7-6-16-12/h4-5,8,12,16H,3,6-7,9-10H2,1-2H3,(H,17,18). The first-order valence-electron chi connectivity index (χ1n) is 7.14. The van der Waals surface area contributed by atoms with Gasteiger partial charge in [-0.25, -0.2) is 0 Å². The van der Waals surface area contributed by atoms with Gasteiger partial charge in [0.1, 0.15) is 0 Å². The quantitative estimate of drug-likeness (QED) is 0.830. The van der Waals surface area contributed by atoms with E-state index in [4.69, 9.17) is 14.2 Å². The fourth-order valence-corrected chi connectivity index (χ4v) is 2.21. The first-order chi connectivity index (χ1) is 10.2. The molecule has 1 fully saturated rings. The summed E-state index contributed by atoms with van der Waals surface area (Å²) in [5.41, 5.74) is 0.692. The van der Waals surface area contributed by atoms with Crippen LogP contribution >= 0.6 is 0 Å². The van der Waals surface area contributed by atoms with Crippen LogP contribution in [0.25, 0.3) is 0 Å². The lowest BCUT2D eigenvalue weighted by Gasteiger charge is -2.23. The molecule has 1 aromatic rings. The molecule has 1 saturated heterocycles. The van der Waals surface area contributed by atoms with Crippen LogP contribution in [0, 0.1) is 0 Å².